The number of fused-ring (bicyclic) bond motifs is 2. The standard InChI is InChI=1S/C17H20O4/c1-19-17(20-2)13-8-9-14(16(17)18)15(10-13)21-11-12-6-4-3-5-7-12/h3-9,13-15H,10-11H2,1-2H3/t13-,14+,15+/m0/s1. The zero-order valence-corrected chi connectivity index (χ0v) is 12.3. The molecule has 1 saturated carbocycles. The molecule has 112 valence electrons. The van der Waals surface area contributed by atoms with Gasteiger partial charge in [0.15, 0.2) is 0 Å². The maximum absolute atomic E-state index is 12.6. The van der Waals surface area contributed by atoms with Crippen molar-refractivity contribution < 1.29 is 19.0 Å². The molecule has 0 heterocycles. The van der Waals surface area contributed by atoms with E-state index in [0.717, 1.165) is 12.0 Å². The van der Waals surface area contributed by atoms with Gasteiger partial charge in [-0.25, -0.2) is 0 Å². The molecule has 0 radical (unpaired) electrons. The van der Waals surface area contributed by atoms with Crippen LogP contribution in [0.3, 0.4) is 0 Å². The number of rotatable bonds is 5. The van der Waals surface area contributed by atoms with Crippen LogP contribution in [0.4, 0.5) is 0 Å². The van der Waals surface area contributed by atoms with Gasteiger partial charge in [-0.15, -0.1) is 0 Å². The molecule has 1 aromatic rings. The van der Waals surface area contributed by atoms with Crippen molar-refractivity contribution in [3.8, 4) is 0 Å². The van der Waals surface area contributed by atoms with Crippen molar-refractivity contribution in [3.05, 3.63) is 48.0 Å². The lowest BCUT2D eigenvalue weighted by atomic mass is 9.69. The van der Waals surface area contributed by atoms with E-state index in [1.54, 1.807) is 0 Å². The zero-order chi connectivity index (χ0) is 14.9. The number of carbonyl (C=O) groups is 1. The predicted octanol–water partition coefficient (Wildman–Crippen LogP) is 2.34. The largest absolute Gasteiger partial charge is 0.372 e. The van der Waals surface area contributed by atoms with E-state index in [1.165, 1.54) is 14.2 Å². The first-order chi connectivity index (χ1) is 10.2. The van der Waals surface area contributed by atoms with Crippen LogP contribution in [0.2, 0.25) is 0 Å². The van der Waals surface area contributed by atoms with E-state index in [0.29, 0.717) is 6.61 Å². The molecule has 3 aliphatic rings. The number of carbonyl (C=O) groups excluding carboxylic acids is 1. The fourth-order valence-electron chi connectivity index (χ4n) is 3.34. The minimum atomic E-state index is -1.13. The van der Waals surface area contributed by atoms with Gasteiger partial charge in [0, 0.05) is 20.1 Å². The summed E-state index contributed by atoms with van der Waals surface area (Å²) in [6.07, 6.45) is 4.58. The molecule has 3 aliphatic carbocycles. The molecule has 2 bridgehead atoms. The van der Waals surface area contributed by atoms with Gasteiger partial charge in [-0.05, 0) is 12.0 Å². The summed E-state index contributed by atoms with van der Waals surface area (Å²) in [7, 11) is 3.05. The van der Waals surface area contributed by atoms with Gasteiger partial charge in [-0.2, -0.15) is 0 Å². The average Bonchev–Trinajstić information content (AvgIpc) is 2.55. The first kappa shape index (κ1) is 14.4. The van der Waals surface area contributed by atoms with Crippen molar-refractivity contribution in [1.29, 1.82) is 0 Å². The normalized spacial score (nSPS) is 29.8. The Labute approximate surface area is 124 Å². The Bertz CT molecular complexity index is 533. The second kappa shape index (κ2) is 5.72. The number of benzene rings is 1. The fraction of sp³-hybridized carbons (Fsp3) is 0.471. The number of ether oxygens (including phenoxy) is 3. The summed E-state index contributed by atoms with van der Waals surface area (Å²) in [5.41, 5.74) is 1.11. The van der Waals surface area contributed by atoms with E-state index < -0.39 is 5.79 Å². The summed E-state index contributed by atoms with van der Waals surface area (Å²) in [5, 5.41) is 0. The van der Waals surface area contributed by atoms with Gasteiger partial charge < -0.3 is 14.2 Å². The highest BCUT2D eigenvalue weighted by Crippen LogP contribution is 2.44. The minimum absolute atomic E-state index is 0.0377. The van der Waals surface area contributed by atoms with Crippen molar-refractivity contribution in [3.63, 3.8) is 0 Å². The summed E-state index contributed by atoms with van der Waals surface area (Å²) in [5.74, 6) is -1.56. The Hall–Kier alpha value is -1.49. The summed E-state index contributed by atoms with van der Waals surface area (Å²) < 4.78 is 16.8. The molecule has 4 heteroatoms. The van der Waals surface area contributed by atoms with E-state index in [9.17, 15) is 4.79 Å². The van der Waals surface area contributed by atoms with Crippen LogP contribution < -0.4 is 0 Å². The Morgan fingerprint density at radius 1 is 1.14 bits per heavy atom. The lowest BCUT2D eigenvalue weighted by Crippen LogP contribution is -2.60. The Morgan fingerprint density at radius 3 is 2.48 bits per heavy atom. The van der Waals surface area contributed by atoms with Gasteiger partial charge in [-0.1, -0.05) is 42.5 Å². The molecule has 4 nitrogen and oxygen atoms in total. The van der Waals surface area contributed by atoms with E-state index >= 15 is 0 Å². The molecule has 0 amide bonds. The predicted molar refractivity (Wildman–Crippen MR) is 77.5 cm³/mol. The molecule has 3 atom stereocenters. The van der Waals surface area contributed by atoms with Crippen LogP contribution in [-0.2, 0) is 25.6 Å². The van der Waals surface area contributed by atoms with Crippen LogP contribution in [0, 0.1) is 11.8 Å². The van der Waals surface area contributed by atoms with Crippen LogP contribution in [-0.4, -0.2) is 31.9 Å². The SMILES string of the molecule is COC1(OC)C(=O)[C@@H]2C=C[C@H]1C[C@H]2OCc1ccccc1. The minimum Gasteiger partial charge on any atom is -0.372 e. The topological polar surface area (TPSA) is 44.8 Å². The second-order valence-electron chi connectivity index (χ2n) is 5.53. The van der Waals surface area contributed by atoms with Crippen LogP contribution in [0.5, 0.6) is 0 Å². The Balaban J connectivity index is 1.72. The smallest absolute Gasteiger partial charge is 0.235 e. The van der Waals surface area contributed by atoms with Gasteiger partial charge >= 0.3 is 0 Å². The molecular weight excluding hydrogens is 268 g/mol. The first-order valence-electron chi connectivity index (χ1n) is 7.19. The monoisotopic (exact) mass is 288 g/mol. The summed E-state index contributed by atoms with van der Waals surface area (Å²) in [6, 6.07) is 9.99. The highest BCUT2D eigenvalue weighted by molar-refractivity contribution is 5.92. The number of Topliss-reactive ketones (excluding diaryl/α,β-unsaturated/α-hetero) is 1. The molecule has 0 saturated heterocycles. The Kier molecular flexibility index (Phi) is 3.93. The summed E-state index contributed by atoms with van der Waals surface area (Å²) in [4.78, 5) is 12.6. The third-order valence-corrected chi connectivity index (χ3v) is 4.49. The second-order valence-corrected chi connectivity index (χ2v) is 5.53. The molecular formula is C17H20O4. The maximum Gasteiger partial charge on any atom is 0.235 e. The molecule has 0 spiro atoms. The molecule has 1 fully saturated rings. The maximum atomic E-state index is 12.6. The van der Waals surface area contributed by atoms with Crippen LogP contribution in [0.15, 0.2) is 42.5 Å². The van der Waals surface area contributed by atoms with E-state index in [1.807, 2.05) is 42.5 Å². The highest BCUT2D eigenvalue weighted by atomic mass is 16.7. The van der Waals surface area contributed by atoms with Crippen molar-refractivity contribution >= 4 is 5.78 Å². The van der Waals surface area contributed by atoms with Crippen molar-refractivity contribution in [1.82, 2.24) is 0 Å². The van der Waals surface area contributed by atoms with Crippen molar-refractivity contribution in [2.45, 2.75) is 24.9 Å². The zero-order valence-electron chi connectivity index (χ0n) is 12.3. The number of methoxy groups -OCH3 is 2. The summed E-state index contributed by atoms with van der Waals surface area (Å²) >= 11 is 0. The quantitative estimate of drug-likeness (QED) is 0.616. The molecule has 0 unspecified atom stereocenters. The van der Waals surface area contributed by atoms with Gasteiger partial charge in [0.05, 0.1) is 18.6 Å². The highest BCUT2D eigenvalue weighted by Gasteiger charge is 2.57. The molecule has 1 aromatic carbocycles. The number of hydrogen-bond donors (Lipinski definition) is 0. The fourth-order valence-corrected chi connectivity index (χ4v) is 3.34. The van der Waals surface area contributed by atoms with Gasteiger partial charge in [0.2, 0.25) is 11.6 Å². The van der Waals surface area contributed by atoms with Gasteiger partial charge in [0.25, 0.3) is 0 Å². The molecule has 4 rings (SSSR count). The Morgan fingerprint density at radius 2 is 1.86 bits per heavy atom. The third-order valence-electron chi connectivity index (χ3n) is 4.49. The van der Waals surface area contributed by atoms with Gasteiger partial charge in [0.1, 0.15) is 0 Å². The summed E-state index contributed by atoms with van der Waals surface area (Å²) in [6.45, 7) is 0.517. The lowest BCUT2D eigenvalue weighted by molar-refractivity contribution is -0.245. The van der Waals surface area contributed by atoms with Crippen molar-refractivity contribution in [2.75, 3.05) is 14.2 Å². The van der Waals surface area contributed by atoms with Crippen LogP contribution >= 0.6 is 0 Å². The van der Waals surface area contributed by atoms with Crippen LogP contribution in [0.25, 0.3) is 0 Å². The van der Waals surface area contributed by atoms with E-state index in [-0.39, 0.29) is 23.7 Å². The first-order valence-corrected chi connectivity index (χ1v) is 7.19. The lowest BCUT2D eigenvalue weighted by Gasteiger charge is -2.47. The molecule has 0 N–H and O–H groups in total. The van der Waals surface area contributed by atoms with Crippen LogP contribution in [0.1, 0.15) is 12.0 Å². The average molecular weight is 288 g/mol. The van der Waals surface area contributed by atoms with Gasteiger partial charge in [-0.3, -0.25) is 4.79 Å². The van der Waals surface area contributed by atoms with E-state index in [2.05, 4.69) is 0 Å². The third kappa shape index (κ3) is 2.33. The van der Waals surface area contributed by atoms with Crippen molar-refractivity contribution in [2.24, 2.45) is 11.8 Å². The molecule has 0 aromatic heterocycles. The molecule has 21 heavy (non-hydrogen) atoms. The number of ketones is 1. The van der Waals surface area contributed by atoms with E-state index in [4.69, 9.17) is 14.2 Å². The number of hydrogen-bond acceptors (Lipinski definition) is 4. The molecule has 0 aliphatic heterocycles.